The molecule has 0 heterocycles. The average molecular weight is 1820 g/mol. The first kappa shape index (κ1) is 122. The number of esters is 3. The van der Waals surface area contributed by atoms with E-state index in [2.05, 4.69) is 179 Å². The minimum Gasteiger partial charge on any atom is -0.463 e. The molecule has 0 aliphatic carbocycles. The molecule has 4 N–H and O–H groups in total. The number of allylic oxidation sites excluding steroid dienone is 26. The molecule has 16 nitrogen and oxygen atoms in total. The maximum absolute atomic E-state index is 13.1. The van der Waals surface area contributed by atoms with Crippen molar-refractivity contribution in [2.24, 2.45) is 0 Å². The molecule has 0 aliphatic heterocycles. The van der Waals surface area contributed by atoms with E-state index in [0.717, 1.165) is 148 Å². The van der Waals surface area contributed by atoms with Crippen LogP contribution < -0.4 is 0 Å². The Morgan fingerprint density at radius 2 is 0.417 bits per heavy atom. The van der Waals surface area contributed by atoms with Crippen LogP contribution in [0.3, 0.4) is 0 Å². The largest absolute Gasteiger partial charge is 0.472 e. The van der Waals surface area contributed by atoms with Gasteiger partial charge in [-0.25, -0.2) is 9.13 Å². The summed E-state index contributed by atoms with van der Waals surface area (Å²) in [7, 11) is -9.82. The number of carbonyl (C=O) groups is 3. The molecule has 0 saturated heterocycles. The molecule has 0 aromatic rings. The van der Waals surface area contributed by atoms with E-state index in [0.29, 0.717) is 19.3 Å². The number of aliphatic hydroxyl groups excluding tert-OH is 2. The SMILES string of the molecule is CC/C=C\C/C=C\C/C=C\C/C=C\C/C=C\CCCCCCCCCCCCCCCCCCCCCC(=O)OCC(O)COP(=O)(O)OCC(O)COP(=O)(O)OCC(COC(=O)CCCCCCCCCCCCCCCCCCCCC/C=C\C/C=C\C/C=C\C/C=C\CCCCC)OC(=O)CCCCCCC/C=C\C/C=C\C/C=C\C/C=C\CCCCC. The molecule has 18 heteroatoms. The van der Waals surface area contributed by atoms with Gasteiger partial charge in [-0.1, -0.05) is 442 Å². The van der Waals surface area contributed by atoms with Gasteiger partial charge in [0.25, 0.3) is 0 Å². The van der Waals surface area contributed by atoms with E-state index in [1.165, 1.54) is 250 Å². The molecule has 0 bridgehead atoms. The van der Waals surface area contributed by atoms with E-state index in [4.69, 9.17) is 32.3 Å². The van der Waals surface area contributed by atoms with Crippen LogP contribution in [0.4, 0.5) is 0 Å². The van der Waals surface area contributed by atoms with Crippen molar-refractivity contribution in [2.45, 2.75) is 476 Å². The number of phosphoric acid groups is 2. The van der Waals surface area contributed by atoms with Crippen LogP contribution >= 0.6 is 15.6 Å². The zero-order valence-corrected chi connectivity index (χ0v) is 82.9. The van der Waals surface area contributed by atoms with Crippen LogP contribution in [0.25, 0.3) is 0 Å². The van der Waals surface area contributed by atoms with Gasteiger partial charge >= 0.3 is 33.6 Å². The number of rotatable bonds is 98. The van der Waals surface area contributed by atoms with E-state index in [1.807, 2.05) is 0 Å². The van der Waals surface area contributed by atoms with Gasteiger partial charge in [0.15, 0.2) is 6.10 Å². The first-order valence-corrected chi connectivity index (χ1v) is 54.8. The van der Waals surface area contributed by atoms with Gasteiger partial charge in [0.05, 0.1) is 26.4 Å². The Morgan fingerprint density at radius 1 is 0.228 bits per heavy atom. The molecule has 732 valence electrons. The first-order chi connectivity index (χ1) is 62.2. The zero-order chi connectivity index (χ0) is 92.1. The number of ether oxygens (including phenoxy) is 3. The number of unbranched alkanes of at least 4 members (excludes halogenated alkanes) is 49. The Hall–Kier alpha value is -4.83. The van der Waals surface area contributed by atoms with Crippen LogP contribution in [0.15, 0.2) is 158 Å². The lowest BCUT2D eigenvalue weighted by molar-refractivity contribution is -0.161. The van der Waals surface area contributed by atoms with Gasteiger partial charge in [-0.2, -0.15) is 0 Å². The van der Waals surface area contributed by atoms with Crippen LogP contribution in [0.2, 0.25) is 0 Å². The molecule has 0 rings (SSSR count). The maximum atomic E-state index is 13.1. The molecule has 0 fully saturated rings. The van der Waals surface area contributed by atoms with Crippen molar-refractivity contribution in [3.05, 3.63) is 158 Å². The monoisotopic (exact) mass is 1820 g/mol. The molecular formula is C109H190O16P2. The Bertz CT molecular complexity index is 2940. The molecule has 127 heavy (non-hydrogen) atoms. The summed E-state index contributed by atoms with van der Waals surface area (Å²) in [4.78, 5) is 59.2. The summed E-state index contributed by atoms with van der Waals surface area (Å²) in [6, 6.07) is 0. The van der Waals surface area contributed by atoms with Crippen molar-refractivity contribution in [1.82, 2.24) is 0 Å². The number of phosphoric ester groups is 2. The number of carbonyl (C=O) groups excluding carboxylic acids is 3. The fourth-order valence-electron chi connectivity index (χ4n) is 14.4. The highest BCUT2D eigenvalue weighted by Crippen LogP contribution is 2.45. The van der Waals surface area contributed by atoms with Crippen molar-refractivity contribution in [3.8, 4) is 0 Å². The van der Waals surface area contributed by atoms with E-state index in [9.17, 15) is 43.5 Å². The van der Waals surface area contributed by atoms with Crippen molar-refractivity contribution in [3.63, 3.8) is 0 Å². The normalized spacial score (nSPS) is 14.3. The number of hydrogen-bond acceptors (Lipinski definition) is 14. The lowest BCUT2D eigenvalue weighted by Gasteiger charge is -2.21. The van der Waals surface area contributed by atoms with E-state index < -0.39 is 91.5 Å². The van der Waals surface area contributed by atoms with Crippen molar-refractivity contribution < 1.29 is 75.8 Å². The third-order valence-electron chi connectivity index (χ3n) is 22.2. The topological polar surface area (TPSA) is 231 Å². The highest BCUT2D eigenvalue weighted by atomic mass is 31.2. The lowest BCUT2D eigenvalue weighted by Crippen LogP contribution is -2.30. The van der Waals surface area contributed by atoms with Crippen LogP contribution in [-0.4, -0.2) is 95.9 Å². The van der Waals surface area contributed by atoms with Crippen molar-refractivity contribution in [1.29, 1.82) is 0 Å². The predicted octanol–water partition coefficient (Wildman–Crippen LogP) is 32.8. The molecule has 5 unspecified atom stereocenters. The molecule has 0 amide bonds. The molecule has 0 radical (unpaired) electrons. The van der Waals surface area contributed by atoms with E-state index in [1.54, 1.807) is 0 Å². The Kier molecular flexibility index (Phi) is 96.4. The second kappa shape index (κ2) is 100. The smallest absolute Gasteiger partial charge is 0.463 e. The predicted molar refractivity (Wildman–Crippen MR) is 537 cm³/mol. The van der Waals surface area contributed by atoms with Crippen molar-refractivity contribution >= 4 is 33.6 Å². The average Bonchev–Trinajstić information content (AvgIpc) is 0.893. The summed E-state index contributed by atoms with van der Waals surface area (Å²) in [5.41, 5.74) is 0. The molecule has 0 spiro atoms. The lowest BCUT2D eigenvalue weighted by atomic mass is 10.0. The minimum absolute atomic E-state index is 0.0830. The molecule has 0 aromatic carbocycles. The van der Waals surface area contributed by atoms with Crippen LogP contribution in [-0.2, 0) is 55.8 Å². The summed E-state index contributed by atoms with van der Waals surface area (Å²) in [6.45, 7) is 2.57. The van der Waals surface area contributed by atoms with Gasteiger partial charge in [-0.3, -0.25) is 32.5 Å². The van der Waals surface area contributed by atoms with Gasteiger partial charge in [0.1, 0.15) is 25.4 Å². The minimum atomic E-state index is -4.95. The summed E-state index contributed by atoms with van der Waals surface area (Å²) >= 11 is 0. The van der Waals surface area contributed by atoms with Gasteiger partial charge in [-0.05, 0) is 154 Å². The Morgan fingerprint density at radius 3 is 0.661 bits per heavy atom. The molecule has 0 aliphatic rings. The van der Waals surface area contributed by atoms with E-state index >= 15 is 0 Å². The second-order valence-electron chi connectivity index (χ2n) is 34.6. The summed E-state index contributed by atoms with van der Waals surface area (Å²) in [6.07, 6.45) is 130. The Balaban J connectivity index is 4.51. The maximum Gasteiger partial charge on any atom is 0.472 e. The van der Waals surface area contributed by atoms with Crippen LogP contribution in [0, 0.1) is 0 Å². The third kappa shape index (κ3) is 102. The highest BCUT2D eigenvalue weighted by Gasteiger charge is 2.30. The zero-order valence-electron chi connectivity index (χ0n) is 81.2. The summed E-state index contributed by atoms with van der Waals surface area (Å²) in [5.74, 6) is -1.58. The standard InChI is InChI=1S/C109H190O16P2/c1-4-7-10-13-16-19-22-25-28-31-34-37-39-41-43-45-47-49-51-53-55-57-59-61-63-66-68-71-74-77-80-83-86-89-92-95-107(112)119-98-104(110)99-121-126(115,116)122-100-105(111)101-123-127(117,118)124-103-106(125-109(114)97-94-91-88-85-82-79-76-73-70-65-36-33-30-27-24-21-18-15-12-9-6-3)102-120-108(113)96-93-90-87-84-81-78-75-72-69-67-64-62-60-58-56-54-52-50-48-46-44-42-40-38-35-32-29-26-23-20-17-14-11-8-5-2/h7,10,16-21,25-30,34-38,41-44,65,73,76,104-106,110-111H,4-6,8-9,11-15,22-24,31-33,39-40,45-64,66-72,74-75,77-103H2,1-3H3,(H,115,116)(H,117,118)/b10-7-,19-16-,20-17-,21-18-,28-25-,29-26-,30-27-,37-34-,38-35-,43-41-,44-42-,65-36-,76-73-. The summed E-state index contributed by atoms with van der Waals surface area (Å²) < 4.78 is 61.6. The van der Waals surface area contributed by atoms with Gasteiger partial charge in [0, 0.05) is 19.3 Å². The van der Waals surface area contributed by atoms with Gasteiger partial charge < -0.3 is 34.2 Å². The highest BCUT2D eigenvalue weighted by molar-refractivity contribution is 7.47. The molecular weight excluding hydrogens is 1630 g/mol. The first-order valence-electron chi connectivity index (χ1n) is 51.8. The fraction of sp³-hybridized carbons (Fsp3) is 0.734. The molecule has 5 atom stereocenters. The molecule has 0 saturated carbocycles. The van der Waals surface area contributed by atoms with Crippen LogP contribution in [0.1, 0.15) is 457 Å². The van der Waals surface area contributed by atoms with Crippen molar-refractivity contribution in [2.75, 3.05) is 39.6 Å². The quantitative estimate of drug-likeness (QED) is 0.0146. The molecule has 0 aromatic heterocycles. The van der Waals surface area contributed by atoms with E-state index in [-0.39, 0.29) is 19.3 Å². The van der Waals surface area contributed by atoms with Crippen LogP contribution in [0.5, 0.6) is 0 Å². The number of aliphatic hydroxyl groups is 2. The van der Waals surface area contributed by atoms with Gasteiger partial charge in [-0.15, -0.1) is 0 Å². The second-order valence-corrected chi connectivity index (χ2v) is 37.5. The third-order valence-corrected chi connectivity index (χ3v) is 24.1. The van der Waals surface area contributed by atoms with Gasteiger partial charge in [0.2, 0.25) is 0 Å². The Labute approximate surface area is 778 Å². The fourth-order valence-corrected chi connectivity index (χ4v) is 16.0. The summed E-state index contributed by atoms with van der Waals surface area (Å²) in [5, 5.41) is 20.8. The number of hydrogen-bond donors (Lipinski definition) is 4.